The number of anilines is 1. The first kappa shape index (κ1) is 13.8. The van der Waals surface area contributed by atoms with Gasteiger partial charge < -0.3 is 14.7 Å². The highest BCUT2D eigenvalue weighted by atomic mass is 16.5. The molecule has 0 radical (unpaired) electrons. The Morgan fingerprint density at radius 3 is 2.57 bits per heavy atom. The first-order valence-corrected chi connectivity index (χ1v) is 7.29. The molecule has 0 saturated carbocycles. The second kappa shape index (κ2) is 5.32. The largest absolute Gasteiger partial charge is 0.508 e. The highest BCUT2D eigenvalue weighted by molar-refractivity contribution is 5.62. The van der Waals surface area contributed by atoms with Crippen LogP contribution >= 0.6 is 0 Å². The molecule has 1 N–H and O–H groups in total. The van der Waals surface area contributed by atoms with E-state index in [9.17, 15) is 5.11 Å². The van der Waals surface area contributed by atoms with E-state index >= 15 is 0 Å². The molecule has 3 nitrogen and oxygen atoms in total. The minimum atomic E-state index is 0.102. The number of phenolic OH excluding ortho intramolecular Hbond substituents is 1. The normalized spacial score (nSPS) is 17.3. The van der Waals surface area contributed by atoms with Gasteiger partial charge in [0, 0.05) is 19.5 Å². The minimum absolute atomic E-state index is 0.102. The van der Waals surface area contributed by atoms with Crippen LogP contribution in [0.4, 0.5) is 5.69 Å². The van der Waals surface area contributed by atoms with Crippen LogP contribution in [-0.2, 0) is 6.42 Å². The van der Waals surface area contributed by atoms with Crippen LogP contribution in [0, 0.1) is 13.8 Å². The summed E-state index contributed by atoms with van der Waals surface area (Å²) >= 11 is 0. The molecule has 0 bridgehead atoms. The Labute approximate surface area is 125 Å². The van der Waals surface area contributed by atoms with Crippen molar-refractivity contribution in [2.24, 2.45) is 0 Å². The number of nitrogens with zero attached hydrogens (tertiary/aromatic N) is 1. The van der Waals surface area contributed by atoms with Gasteiger partial charge in [-0.3, -0.25) is 0 Å². The van der Waals surface area contributed by atoms with Crippen LogP contribution in [0.1, 0.15) is 16.7 Å². The number of likely N-dealkylation sites (N-methyl/N-ethyl adjacent to an activating group) is 1. The van der Waals surface area contributed by atoms with Crippen LogP contribution in [-0.4, -0.2) is 24.8 Å². The summed E-state index contributed by atoms with van der Waals surface area (Å²) in [5.74, 6) is 1.01. The Bertz CT molecular complexity index is 646. The summed E-state index contributed by atoms with van der Waals surface area (Å²) in [4.78, 5) is 2.19. The van der Waals surface area contributed by atoms with Crippen LogP contribution in [0.3, 0.4) is 0 Å². The van der Waals surface area contributed by atoms with Gasteiger partial charge in [0.05, 0.1) is 12.2 Å². The van der Waals surface area contributed by atoms with Gasteiger partial charge in [-0.2, -0.15) is 0 Å². The summed E-state index contributed by atoms with van der Waals surface area (Å²) in [7, 11) is 2.06. The van der Waals surface area contributed by atoms with E-state index < -0.39 is 0 Å². The molecule has 3 heteroatoms. The standard InChI is InChI=1S/C18H21NO2/c1-12-6-13(2)8-14(7-12)9-16-11-19(3)17-5-4-15(20)10-18(17)21-16/h4-8,10,16,20H,9,11H2,1-3H3. The Kier molecular flexibility index (Phi) is 3.50. The van der Waals surface area contributed by atoms with E-state index in [1.54, 1.807) is 12.1 Å². The Balaban J connectivity index is 1.82. The molecule has 1 unspecified atom stereocenters. The van der Waals surface area contributed by atoms with Crippen molar-refractivity contribution in [1.29, 1.82) is 0 Å². The smallest absolute Gasteiger partial charge is 0.146 e. The van der Waals surface area contributed by atoms with E-state index in [-0.39, 0.29) is 11.9 Å². The number of aryl methyl sites for hydroxylation is 2. The van der Waals surface area contributed by atoms with Crippen molar-refractivity contribution in [3.63, 3.8) is 0 Å². The molecule has 1 atom stereocenters. The molecular weight excluding hydrogens is 262 g/mol. The lowest BCUT2D eigenvalue weighted by atomic mass is 10.0. The third-order valence-electron chi connectivity index (χ3n) is 3.87. The van der Waals surface area contributed by atoms with Crippen molar-refractivity contribution in [2.45, 2.75) is 26.4 Å². The molecule has 0 aromatic heterocycles. The zero-order valence-electron chi connectivity index (χ0n) is 12.8. The molecule has 0 spiro atoms. The number of aromatic hydroxyl groups is 1. The van der Waals surface area contributed by atoms with E-state index in [0.29, 0.717) is 0 Å². The first-order valence-electron chi connectivity index (χ1n) is 7.29. The van der Waals surface area contributed by atoms with Gasteiger partial charge in [0.1, 0.15) is 17.6 Å². The second-order valence-corrected chi connectivity index (χ2v) is 5.97. The molecular formula is C18H21NO2. The Morgan fingerprint density at radius 1 is 1.14 bits per heavy atom. The highest BCUT2D eigenvalue weighted by Gasteiger charge is 2.24. The number of benzene rings is 2. The van der Waals surface area contributed by atoms with Crippen LogP contribution in [0.5, 0.6) is 11.5 Å². The van der Waals surface area contributed by atoms with Gasteiger partial charge in [-0.05, 0) is 31.5 Å². The molecule has 1 aliphatic heterocycles. The Hall–Kier alpha value is -2.16. The summed E-state index contributed by atoms with van der Waals surface area (Å²) < 4.78 is 6.07. The maximum atomic E-state index is 9.62. The lowest BCUT2D eigenvalue weighted by Crippen LogP contribution is -2.38. The van der Waals surface area contributed by atoms with Gasteiger partial charge in [-0.25, -0.2) is 0 Å². The van der Waals surface area contributed by atoms with Gasteiger partial charge in [-0.1, -0.05) is 29.3 Å². The van der Waals surface area contributed by atoms with E-state index in [4.69, 9.17) is 4.74 Å². The van der Waals surface area contributed by atoms with Gasteiger partial charge in [0.15, 0.2) is 0 Å². The molecule has 3 rings (SSSR count). The van der Waals surface area contributed by atoms with Crippen LogP contribution in [0.2, 0.25) is 0 Å². The van der Waals surface area contributed by atoms with Gasteiger partial charge in [0.2, 0.25) is 0 Å². The van der Waals surface area contributed by atoms with Gasteiger partial charge in [0.25, 0.3) is 0 Å². The maximum Gasteiger partial charge on any atom is 0.146 e. The number of fused-ring (bicyclic) bond motifs is 1. The number of ether oxygens (including phenoxy) is 1. The molecule has 0 aliphatic carbocycles. The van der Waals surface area contributed by atoms with Crippen molar-refractivity contribution in [1.82, 2.24) is 0 Å². The van der Waals surface area contributed by atoms with Crippen molar-refractivity contribution in [3.8, 4) is 11.5 Å². The summed E-state index contributed by atoms with van der Waals surface area (Å²) in [6.07, 6.45) is 0.979. The molecule has 110 valence electrons. The van der Waals surface area contributed by atoms with Crippen LogP contribution in [0.25, 0.3) is 0 Å². The van der Waals surface area contributed by atoms with E-state index in [2.05, 4.69) is 44.0 Å². The second-order valence-electron chi connectivity index (χ2n) is 5.97. The summed E-state index contributed by atoms with van der Waals surface area (Å²) in [6.45, 7) is 5.10. The molecule has 1 aliphatic rings. The molecule has 2 aromatic rings. The fourth-order valence-electron chi connectivity index (χ4n) is 3.09. The topological polar surface area (TPSA) is 32.7 Å². The third kappa shape index (κ3) is 2.97. The lowest BCUT2D eigenvalue weighted by Gasteiger charge is -2.34. The van der Waals surface area contributed by atoms with Crippen LogP contribution in [0.15, 0.2) is 36.4 Å². The monoisotopic (exact) mass is 283 g/mol. The zero-order chi connectivity index (χ0) is 15.0. The van der Waals surface area contributed by atoms with Gasteiger partial charge >= 0.3 is 0 Å². The zero-order valence-corrected chi connectivity index (χ0v) is 12.8. The quantitative estimate of drug-likeness (QED) is 0.916. The molecule has 1 heterocycles. The summed E-state index contributed by atoms with van der Waals surface area (Å²) in [5.41, 5.74) is 4.90. The van der Waals surface area contributed by atoms with E-state index in [1.807, 2.05) is 6.07 Å². The molecule has 0 amide bonds. The van der Waals surface area contributed by atoms with Crippen LogP contribution < -0.4 is 9.64 Å². The van der Waals surface area contributed by atoms with Crippen molar-refractivity contribution in [3.05, 3.63) is 53.1 Å². The van der Waals surface area contributed by atoms with Crippen molar-refractivity contribution >= 4 is 5.69 Å². The number of phenols is 1. The molecule has 2 aromatic carbocycles. The number of rotatable bonds is 2. The summed E-state index contributed by atoms with van der Waals surface area (Å²) in [5, 5.41) is 9.62. The van der Waals surface area contributed by atoms with Gasteiger partial charge in [-0.15, -0.1) is 0 Å². The predicted octanol–water partition coefficient (Wildman–Crippen LogP) is 3.45. The maximum absolute atomic E-state index is 9.62. The first-order chi connectivity index (χ1) is 10.0. The van der Waals surface area contributed by atoms with Crippen molar-refractivity contribution < 1.29 is 9.84 Å². The highest BCUT2D eigenvalue weighted by Crippen LogP contribution is 2.35. The summed E-state index contributed by atoms with van der Waals surface area (Å²) in [6, 6.07) is 11.9. The fourth-order valence-corrected chi connectivity index (χ4v) is 3.09. The molecule has 0 saturated heterocycles. The van der Waals surface area contributed by atoms with E-state index in [0.717, 1.165) is 24.4 Å². The minimum Gasteiger partial charge on any atom is -0.508 e. The lowest BCUT2D eigenvalue weighted by molar-refractivity contribution is 0.195. The van der Waals surface area contributed by atoms with E-state index in [1.165, 1.54) is 16.7 Å². The average molecular weight is 283 g/mol. The third-order valence-corrected chi connectivity index (χ3v) is 3.87. The Morgan fingerprint density at radius 2 is 1.86 bits per heavy atom. The molecule has 0 fully saturated rings. The predicted molar refractivity (Wildman–Crippen MR) is 85.4 cm³/mol. The fraction of sp³-hybridized carbons (Fsp3) is 0.333. The number of hydrogen-bond donors (Lipinski definition) is 1. The van der Waals surface area contributed by atoms with Crippen molar-refractivity contribution in [2.75, 3.05) is 18.5 Å². The number of hydrogen-bond acceptors (Lipinski definition) is 3. The SMILES string of the molecule is Cc1cc(C)cc(CC2CN(C)c3ccc(O)cc3O2)c1. The average Bonchev–Trinajstić information content (AvgIpc) is 2.36. The molecule has 21 heavy (non-hydrogen) atoms.